The van der Waals surface area contributed by atoms with E-state index in [0.29, 0.717) is 49.2 Å². The number of halogens is 4. The Hall–Kier alpha value is -1.41. The molecule has 3 rings (SSSR count). The average Bonchev–Trinajstić information content (AvgIpc) is 2.68. The van der Waals surface area contributed by atoms with E-state index in [1.54, 1.807) is 17.8 Å². The Balaban J connectivity index is 1.45. The van der Waals surface area contributed by atoms with Gasteiger partial charge in [0.1, 0.15) is 0 Å². The smallest absolute Gasteiger partial charge is 0.391 e. The SMILES string of the molecule is O[C@H](CSc1ccc(Cl)cc1)CN1CCN(c2cccc(C(F)(F)F)c2)CC1. The molecule has 0 aromatic heterocycles. The van der Waals surface area contributed by atoms with Crippen molar-refractivity contribution in [2.75, 3.05) is 43.4 Å². The van der Waals surface area contributed by atoms with Crippen LogP contribution in [0, 0.1) is 0 Å². The topological polar surface area (TPSA) is 26.7 Å². The Labute approximate surface area is 172 Å². The Morgan fingerprint density at radius 2 is 1.71 bits per heavy atom. The van der Waals surface area contributed by atoms with Crippen LogP contribution in [0.25, 0.3) is 0 Å². The van der Waals surface area contributed by atoms with E-state index in [1.807, 2.05) is 29.2 Å². The highest BCUT2D eigenvalue weighted by Gasteiger charge is 2.31. The number of hydrogen-bond acceptors (Lipinski definition) is 4. The van der Waals surface area contributed by atoms with Crippen LogP contribution in [0.2, 0.25) is 5.02 Å². The molecule has 0 spiro atoms. The van der Waals surface area contributed by atoms with E-state index in [9.17, 15) is 18.3 Å². The molecular weight excluding hydrogens is 409 g/mol. The summed E-state index contributed by atoms with van der Waals surface area (Å²) >= 11 is 7.44. The van der Waals surface area contributed by atoms with Crippen molar-refractivity contribution < 1.29 is 18.3 Å². The number of thioether (sulfide) groups is 1. The number of aliphatic hydroxyl groups excluding tert-OH is 1. The van der Waals surface area contributed by atoms with Crippen LogP contribution in [0.5, 0.6) is 0 Å². The largest absolute Gasteiger partial charge is 0.416 e. The molecule has 1 atom stereocenters. The van der Waals surface area contributed by atoms with E-state index in [0.717, 1.165) is 11.0 Å². The minimum atomic E-state index is -4.33. The number of β-amino-alcohol motifs (C(OH)–C–C–N with tert-alkyl or cyclic N) is 1. The lowest BCUT2D eigenvalue weighted by Gasteiger charge is -2.37. The van der Waals surface area contributed by atoms with Gasteiger partial charge in [-0.25, -0.2) is 0 Å². The molecule has 0 radical (unpaired) electrons. The molecule has 152 valence electrons. The summed E-state index contributed by atoms with van der Waals surface area (Å²) in [5.41, 5.74) is -0.0320. The number of aliphatic hydroxyl groups is 1. The molecule has 0 saturated carbocycles. The van der Waals surface area contributed by atoms with Gasteiger partial charge in [0.05, 0.1) is 11.7 Å². The Kier molecular flexibility index (Phi) is 7.15. The van der Waals surface area contributed by atoms with Crippen LogP contribution in [0.15, 0.2) is 53.4 Å². The molecule has 1 aliphatic heterocycles. The van der Waals surface area contributed by atoms with Crippen LogP contribution >= 0.6 is 23.4 Å². The summed E-state index contributed by atoms with van der Waals surface area (Å²) in [5, 5.41) is 11.0. The Bertz CT molecular complexity index is 765. The van der Waals surface area contributed by atoms with Crippen molar-refractivity contribution in [1.29, 1.82) is 0 Å². The van der Waals surface area contributed by atoms with Crippen molar-refractivity contribution in [3.8, 4) is 0 Å². The predicted molar refractivity (Wildman–Crippen MR) is 108 cm³/mol. The fourth-order valence-corrected chi connectivity index (χ4v) is 4.09. The molecule has 1 N–H and O–H groups in total. The van der Waals surface area contributed by atoms with Gasteiger partial charge in [-0.05, 0) is 42.5 Å². The lowest BCUT2D eigenvalue weighted by molar-refractivity contribution is -0.137. The molecule has 1 fully saturated rings. The third-order valence-electron chi connectivity index (χ3n) is 4.64. The van der Waals surface area contributed by atoms with Gasteiger partial charge in [0.25, 0.3) is 0 Å². The van der Waals surface area contributed by atoms with Gasteiger partial charge in [0.2, 0.25) is 0 Å². The van der Waals surface area contributed by atoms with Gasteiger partial charge in [0, 0.05) is 54.1 Å². The lowest BCUT2D eigenvalue weighted by Crippen LogP contribution is -2.49. The van der Waals surface area contributed by atoms with E-state index in [-0.39, 0.29) is 0 Å². The number of rotatable bonds is 6. The maximum absolute atomic E-state index is 12.9. The zero-order valence-corrected chi connectivity index (χ0v) is 16.8. The molecule has 3 nitrogen and oxygen atoms in total. The third-order valence-corrected chi connectivity index (χ3v) is 6.04. The van der Waals surface area contributed by atoms with E-state index < -0.39 is 17.8 Å². The lowest BCUT2D eigenvalue weighted by atomic mass is 10.1. The zero-order chi connectivity index (χ0) is 20.1. The molecule has 0 bridgehead atoms. The normalized spacial score (nSPS) is 17.0. The van der Waals surface area contributed by atoms with Crippen molar-refractivity contribution in [3.63, 3.8) is 0 Å². The molecule has 1 heterocycles. The van der Waals surface area contributed by atoms with E-state index in [2.05, 4.69) is 4.90 Å². The minimum Gasteiger partial charge on any atom is -0.391 e. The molecule has 1 aliphatic rings. The van der Waals surface area contributed by atoms with E-state index in [1.165, 1.54) is 12.1 Å². The van der Waals surface area contributed by atoms with Crippen LogP contribution in [-0.2, 0) is 6.18 Å². The molecule has 2 aromatic rings. The molecule has 2 aromatic carbocycles. The zero-order valence-electron chi connectivity index (χ0n) is 15.2. The Morgan fingerprint density at radius 1 is 1.04 bits per heavy atom. The molecular formula is C20H22ClF3N2OS. The first-order valence-electron chi connectivity index (χ1n) is 9.02. The summed E-state index contributed by atoms with van der Waals surface area (Å²) < 4.78 is 38.7. The second-order valence-electron chi connectivity index (χ2n) is 6.75. The van der Waals surface area contributed by atoms with Crippen molar-refractivity contribution >= 4 is 29.1 Å². The van der Waals surface area contributed by atoms with Crippen molar-refractivity contribution in [1.82, 2.24) is 4.90 Å². The second kappa shape index (κ2) is 9.39. The highest BCUT2D eigenvalue weighted by molar-refractivity contribution is 7.99. The van der Waals surface area contributed by atoms with Gasteiger partial charge in [0.15, 0.2) is 0 Å². The molecule has 0 amide bonds. The second-order valence-corrected chi connectivity index (χ2v) is 8.28. The van der Waals surface area contributed by atoms with Crippen molar-refractivity contribution in [2.45, 2.75) is 17.2 Å². The number of anilines is 1. The quantitative estimate of drug-likeness (QED) is 0.676. The monoisotopic (exact) mass is 430 g/mol. The average molecular weight is 431 g/mol. The van der Waals surface area contributed by atoms with Crippen LogP contribution in [0.4, 0.5) is 18.9 Å². The predicted octanol–water partition coefficient (Wildman–Crippen LogP) is 4.63. The molecule has 0 aliphatic carbocycles. The standard InChI is InChI=1S/C20H22ClF3N2OS/c21-16-4-6-19(7-5-16)28-14-18(27)13-25-8-10-26(11-9-25)17-3-1-2-15(12-17)20(22,23)24/h1-7,12,18,27H,8-11,13-14H2/t18-/m0/s1. The van der Waals surface area contributed by atoms with Gasteiger partial charge in [-0.1, -0.05) is 17.7 Å². The van der Waals surface area contributed by atoms with Gasteiger partial charge in [-0.3, -0.25) is 4.90 Å². The fraction of sp³-hybridized carbons (Fsp3) is 0.400. The molecule has 8 heteroatoms. The number of benzene rings is 2. The first-order chi connectivity index (χ1) is 13.3. The van der Waals surface area contributed by atoms with Crippen LogP contribution < -0.4 is 4.90 Å². The molecule has 0 unspecified atom stereocenters. The number of nitrogens with zero attached hydrogens (tertiary/aromatic N) is 2. The molecule has 1 saturated heterocycles. The van der Waals surface area contributed by atoms with E-state index in [4.69, 9.17) is 11.6 Å². The summed E-state index contributed by atoms with van der Waals surface area (Å²) in [6, 6.07) is 12.9. The summed E-state index contributed by atoms with van der Waals surface area (Å²) in [6.07, 6.45) is -4.80. The summed E-state index contributed by atoms with van der Waals surface area (Å²) in [6.45, 7) is 3.24. The molecule has 28 heavy (non-hydrogen) atoms. The van der Waals surface area contributed by atoms with Crippen LogP contribution in [0.3, 0.4) is 0 Å². The first-order valence-corrected chi connectivity index (χ1v) is 10.4. The maximum atomic E-state index is 12.9. The summed E-state index contributed by atoms with van der Waals surface area (Å²) in [5.74, 6) is 0.579. The maximum Gasteiger partial charge on any atom is 0.416 e. The van der Waals surface area contributed by atoms with Crippen molar-refractivity contribution in [3.05, 3.63) is 59.1 Å². The Morgan fingerprint density at radius 3 is 2.36 bits per heavy atom. The fourth-order valence-electron chi connectivity index (χ4n) is 3.14. The van der Waals surface area contributed by atoms with Gasteiger partial charge in [-0.15, -0.1) is 11.8 Å². The van der Waals surface area contributed by atoms with Gasteiger partial charge in [-0.2, -0.15) is 13.2 Å². The summed E-state index contributed by atoms with van der Waals surface area (Å²) in [7, 11) is 0. The van der Waals surface area contributed by atoms with Crippen LogP contribution in [0.1, 0.15) is 5.56 Å². The summed E-state index contributed by atoms with van der Waals surface area (Å²) in [4.78, 5) is 5.16. The number of hydrogen-bond donors (Lipinski definition) is 1. The number of alkyl halides is 3. The van der Waals surface area contributed by atoms with Crippen molar-refractivity contribution in [2.24, 2.45) is 0 Å². The third kappa shape index (κ3) is 6.04. The van der Waals surface area contributed by atoms with Gasteiger partial charge < -0.3 is 10.0 Å². The minimum absolute atomic E-state index is 0.471. The number of piperazine rings is 1. The highest BCUT2D eigenvalue weighted by Crippen LogP contribution is 2.32. The van der Waals surface area contributed by atoms with Crippen LogP contribution in [-0.4, -0.2) is 54.6 Å². The first kappa shape index (κ1) is 21.3. The van der Waals surface area contributed by atoms with Gasteiger partial charge >= 0.3 is 6.18 Å². The van der Waals surface area contributed by atoms with E-state index >= 15 is 0 Å². The highest BCUT2D eigenvalue weighted by atomic mass is 35.5.